The molecule has 2 heterocycles. The lowest BCUT2D eigenvalue weighted by Crippen LogP contribution is -2.48. The molecule has 3 aromatic rings. The van der Waals surface area contributed by atoms with Crippen molar-refractivity contribution in [3.05, 3.63) is 101 Å². The summed E-state index contributed by atoms with van der Waals surface area (Å²) in [6.45, 7) is 2.18. The zero-order chi connectivity index (χ0) is 33.7. The zero-order valence-corrected chi connectivity index (χ0v) is 26.3. The van der Waals surface area contributed by atoms with E-state index in [2.05, 4.69) is 5.32 Å². The Labute approximate surface area is 271 Å². The Kier molecular flexibility index (Phi) is 11.0. The number of carbonyl (C=O) groups is 2. The maximum Gasteiger partial charge on any atom is 0.471 e. The first-order valence-electron chi connectivity index (χ1n) is 15.7. The molecule has 0 spiro atoms. The fourth-order valence-corrected chi connectivity index (χ4v) is 6.12. The number of nitrogens with one attached hydrogen (secondary N) is 1. The molecule has 0 saturated carbocycles. The number of aliphatic hydroxyl groups excluding tert-OH is 2. The van der Waals surface area contributed by atoms with E-state index in [0.717, 1.165) is 16.7 Å². The number of likely N-dealkylation sites (tertiary alicyclic amines) is 1. The molecule has 0 aliphatic carbocycles. The van der Waals surface area contributed by atoms with E-state index in [1.165, 1.54) is 0 Å². The van der Waals surface area contributed by atoms with Gasteiger partial charge < -0.3 is 29.9 Å². The number of aliphatic hydroxyl groups is 2. The van der Waals surface area contributed by atoms with E-state index in [0.29, 0.717) is 35.5 Å². The highest BCUT2D eigenvalue weighted by Crippen LogP contribution is 2.39. The summed E-state index contributed by atoms with van der Waals surface area (Å²) in [4.78, 5) is 27.6. The van der Waals surface area contributed by atoms with Gasteiger partial charge in [-0.05, 0) is 55.6 Å². The first-order chi connectivity index (χ1) is 22.4. The van der Waals surface area contributed by atoms with E-state index in [4.69, 9.17) is 9.47 Å². The monoisotopic (exact) mass is 655 g/mol. The van der Waals surface area contributed by atoms with Crippen LogP contribution in [0.3, 0.4) is 0 Å². The highest BCUT2D eigenvalue weighted by molar-refractivity contribution is 5.98. The summed E-state index contributed by atoms with van der Waals surface area (Å²) < 4.78 is 52.2. The van der Waals surface area contributed by atoms with Crippen LogP contribution in [-0.2, 0) is 25.7 Å². The van der Waals surface area contributed by atoms with Crippen LogP contribution in [0.1, 0.15) is 66.9 Å². The molecule has 0 aromatic heterocycles. The lowest BCUT2D eigenvalue weighted by atomic mass is 9.98. The summed E-state index contributed by atoms with van der Waals surface area (Å²) >= 11 is 0. The molecule has 3 N–H and O–H groups in total. The van der Waals surface area contributed by atoms with Crippen LogP contribution in [0.4, 0.5) is 18.9 Å². The molecule has 2 aliphatic rings. The number of hydrogen-bond donors (Lipinski definition) is 3. The number of halogens is 3. The number of rotatable bonds is 10. The minimum atomic E-state index is -5.06. The van der Waals surface area contributed by atoms with Gasteiger partial charge in [-0.3, -0.25) is 14.5 Å². The summed E-state index contributed by atoms with van der Waals surface area (Å²) in [5.41, 5.74) is 3.37. The molecular formula is C35H40F3N3O6. The Morgan fingerprint density at radius 1 is 1.02 bits per heavy atom. The molecular weight excluding hydrogens is 615 g/mol. The molecule has 6 atom stereocenters. The smallest absolute Gasteiger partial charge is 0.392 e. The van der Waals surface area contributed by atoms with Crippen molar-refractivity contribution >= 4 is 17.5 Å². The molecule has 47 heavy (non-hydrogen) atoms. The summed E-state index contributed by atoms with van der Waals surface area (Å²) in [6.07, 6.45) is -6.42. The molecule has 252 valence electrons. The number of nitrogens with zero attached hydrogens (tertiary/aromatic N) is 2. The molecule has 12 heteroatoms. The molecule has 9 nitrogen and oxygen atoms in total. The van der Waals surface area contributed by atoms with Crippen molar-refractivity contribution in [1.82, 2.24) is 9.80 Å². The Morgan fingerprint density at radius 3 is 2.43 bits per heavy atom. The van der Waals surface area contributed by atoms with Gasteiger partial charge in [0.05, 0.1) is 24.9 Å². The third kappa shape index (κ3) is 8.38. The number of amides is 2. The van der Waals surface area contributed by atoms with Gasteiger partial charge in [0.1, 0.15) is 6.04 Å². The topological polar surface area (TPSA) is 112 Å². The van der Waals surface area contributed by atoms with Crippen LogP contribution in [0.2, 0.25) is 0 Å². The van der Waals surface area contributed by atoms with Gasteiger partial charge in [-0.25, -0.2) is 0 Å². The van der Waals surface area contributed by atoms with Crippen molar-refractivity contribution in [1.29, 1.82) is 0 Å². The first-order valence-corrected chi connectivity index (χ1v) is 15.7. The van der Waals surface area contributed by atoms with Crippen LogP contribution in [0, 0.1) is 0 Å². The van der Waals surface area contributed by atoms with Crippen LogP contribution in [0.5, 0.6) is 0 Å². The van der Waals surface area contributed by atoms with Gasteiger partial charge in [0.15, 0.2) is 6.29 Å². The fraction of sp³-hybridized carbons (Fsp3) is 0.429. The Bertz CT molecular complexity index is 1510. The van der Waals surface area contributed by atoms with Crippen molar-refractivity contribution in [3.63, 3.8) is 0 Å². The Hall–Kier alpha value is -3.81. The molecule has 3 aromatic carbocycles. The number of benzene rings is 3. The highest BCUT2D eigenvalue weighted by Gasteiger charge is 2.47. The van der Waals surface area contributed by atoms with E-state index in [9.17, 15) is 33.0 Å². The minimum Gasteiger partial charge on any atom is -0.392 e. The van der Waals surface area contributed by atoms with Crippen LogP contribution >= 0.6 is 0 Å². The lowest BCUT2D eigenvalue weighted by molar-refractivity contribution is -0.253. The number of alkyl halides is 3. The van der Waals surface area contributed by atoms with Gasteiger partial charge in [0, 0.05) is 36.8 Å². The second kappa shape index (κ2) is 15.0. The van der Waals surface area contributed by atoms with Gasteiger partial charge in [0.2, 0.25) is 5.91 Å². The summed E-state index contributed by atoms with van der Waals surface area (Å²) in [5, 5.41) is 23.2. The van der Waals surface area contributed by atoms with Crippen LogP contribution in [0.25, 0.3) is 0 Å². The zero-order valence-electron chi connectivity index (χ0n) is 26.3. The predicted molar refractivity (Wildman–Crippen MR) is 168 cm³/mol. The quantitative estimate of drug-likeness (QED) is 0.273. The molecule has 5 rings (SSSR count). The highest BCUT2D eigenvalue weighted by atomic mass is 19.4. The minimum absolute atomic E-state index is 0.0892. The summed E-state index contributed by atoms with van der Waals surface area (Å²) in [5.74, 6) is -2.72. The first kappa shape index (κ1) is 34.5. The molecule has 2 amide bonds. The average molecular weight is 656 g/mol. The van der Waals surface area contributed by atoms with Crippen LogP contribution in [-0.4, -0.2) is 76.3 Å². The fourth-order valence-electron chi connectivity index (χ4n) is 6.12. The Balaban J connectivity index is 1.33. The van der Waals surface area contributed by atoms with Crippen LogP contribution in [0.15, 0.2) is 78.9 Å². The maximum atomic E-state index is 13.1. The molecule has 2 fully saturated rings. The van der Waals surface area contributed by atoms with Gasteiger partial charge in [-0.2, -0.15) is 13.2 Å². The molecule has 2 aliphatic heterocycles. The van der Waals surface area contributed by atoms with Crippen molar-refractivity contribution in [2.75, 3.05) is 25.5 Å². The normalized spacial score (nSPS) is 23.0. The summed E-state index contributed by atoms with van der Waals surface area (Å²) in [7, 11) is 1.92. The largest absolute Gasteiger partial charge is 0.471 e. The molecule has 2 saturated heterocycles. The van der Waals surface area contributed by atoms with Gasteiger partial charge in [-0.15, -0.1) is 0 Å². The predicted octanol–water partition coefficient (Wildman–Crippen LogP) is 5.27. The number of likely N-dealkylation sites (N-methyl/N-ethyl adjacent to an activating group) is 1. The van der Waals surface area contributed by atoms with Crippen molar-refractivity contribution < 1.29 is 42.4 Å². The van der Waals surface area contributed by atoms with E-state index in [1.807, 2.05) is 73.5 Å². The number of anilines is 1. The third-order valence-electron chi connectivity index (χ3n) is 8.89. The maximum absolute atomic E-state index is 13.1. The van der Waals surface area contributed by atoms with Crippen molar-refractivity contribution in [3.8, 4) is 0 Å². The van der Waals surface area contributed by atoms with Gasteiger partial charge >= 0.3 is 12.1 Å². The molecule has 0 bridgehead atoms. The summed E-state index contributed by atoms with van der Waals surface area (Å²) in [6, 6.07) is 22.1. The Morgan fingerprint density at radius 2 is 1.74 bits per heavy atom. The van der Waals surface area contributed by atoms with Crippen molar-refractivity contribution in [2.24, 2.45) is 0 Å². The SMILES string of the molecule is C[C@@H]([C@H](O)c1ccccc1)N(C)C[C@H]1C[C@@H](c2ccc(CO)cc2)O[C@@H](c2cccc(NC(=O)[C@@H]3CCCN3C(=O)C(F)(F)F)c2)O1. The van der Waals surface area contributed by atoms with Crippen molar-refractivity contribution in [2.45, 2.75) is 75.7 Å². The van der Waals surface area contributed by atoms with E-state index >= 15 is 0 Å². The number of hydrogen-bond acceptors (Lipinski definition) is 7. The van der Waals surface area contributed by atoms with E-state index in [-0.39, 0.29) is 37.8 Å². The molecule has 0 radical (unpaired) electrons. The average Bonchev–Trinajstić information content (AvgIpc) is 3.57. The van der Waals surface area contributed by atoms with Gasteiger partial charge in [-0.1, -0.05) is 66.7 Å². The third-order valence-corrected chi connectivity index (χ3v) is 8.89. The van der Waals surface area contributed by atoms with Gasteiger partial charge in [0.25, 0.3) is 0 Å². The number of carbonyl (C=O) groups excluding carboxylic acids is 2. The standard InChI is InChI=1S/C35H40F3N3O6/c1-22(31(43)25-8-4-3-5-9-25)40(2)20-28-19-30(24-15-13-23(21-42)14-16-24)47-33(46-28)26-10-6-11-27(18-26)39-32(44)29-12-7-17-41(29)34(45)35(36,37)38/h3-6,8-11,13-16,18,22,28-31,33,42-43H,7,12,17,19-21H2,1-2H3,(H,39,44)/t22-,28+,29-,30-,31-,33-/m0/s1. The lowest BCUT2D eigenvalue weighted by Gasteiger charge is -2.39. The van der Waals surface area contributed by atoms with Crippen LogP contribution < -0.4 is 5.32 Å². The second-order valence-electron chi connectivity index (χ2n) is 12.2. The van der Waals surface area contributed by atoms with E-state index < -0.39 is 36.4 Å². The van der Waals surface area contributed by atoms with E-state index in [1.54, 1.807) is 24.3 Å². The number of ether oxygens (including phenoxy) is 2. The molecule has 0 unspecified atom stereocenters. The second-order valence-corrected chi connectivity index (χ2v) is 12.2.